The van der Waals surface area contributed by atoms with Crippen LogP contribution in [0, 0.1) is 5.41 Å². The van der Waals surface area contributed by atoms with Crippen LogP contribution in [-0.4, -0.2) is 67.0 Å². The third kappa shape index (κ3) is 6.11. The van der Waals surface area contributed by atoms with E-state index in [1.807, 2.05) is 7.05 Å². The topological polar surface area (TPSA) is 49.0 Å². The summed E-state index contributed by atoms with van der Waals surface area (Å²) in [6.45, 7) is 6.07. The summed E-state index contributed by atoms with van der Waals surface area (Å²) in [7, 11) is 3.66. The predicted octanol–water partition coefficient (Wildman–Crippen LogP) is 0.682. The van der Waals surface area contributed by atoms with Crippen molar-refractivity contribution in [3.63, 3.8) is 0 Å². The molecule has 0 aromatic rings. The maximum Gasteiger partial charge on any atom is 0.0701 e. The number of methoxy groups -OCH3 is 1. The molecule has 0 aliphatic carbocycles. The van der Waals surface area contributed by atoms with Gasteiger partial charge in [-0.25, -0.2) is 0 Å². The first-order chi connectivity index (χ1) is 8.83. The summed E-state index contributed by atoms with van der Waals surface area (Å²) in [6, 6.07) is 0. The highest BCUT2D eigenvalue weighted by Gasteiger charge is 2.33. The van der Waals surface area contributed by atoms with Crippen LogP contribution in [-0.2, 0) is 18.9 Å². The molecule has 1 aliphatic rings. The third-order valence-corrected chi connectivity index (χ3v) is 3.32. The zero-order valence-electron chi connectivity index (χ0n) is 11.7. The molecular formula is C13H27NO4. The smallest absolute Gasteiger partial charge is 0.0701 e. The second-order valence-corrected chi connectivity index (χ2v) is 4.80. The predicted molar refractivity (Wildman–Crippen MR) is 69.9 cm³/mol. The Morgan fingerprint density at radius 3 is 2.44 bits per heavy atom. The van der Waals surface area contributed by atoms with Gasteiger partial charge in [0.1, 0.15) is 0 Å². The molecule has 1 saturated heterocycles. The van der Waals surface area contributed by atoms with Crippen molar-refractivity contribution in [3.05, 3.63) is 0 Å². The van der Waals surface area contributed by atoms with Gasteiger partial charge in [-0.15, -0.1) is 0 Å². The van der Waals surface area contributed by atoms with Crippen molar-refractivity contribution < 1.29 is 18.9 Å². The molecule has 5 heteroatoms. The molecule has 1 unspecified atom stereocenters. The van der Waals surface area contributed by atoms with Crippen LogP contribution in [0.25, 0.3) is 0 Å². The van der Waals surface area contributed by atoms with Gasteiger partial charge in [0.15, 0.2) is 0 Å². The summed E-state index contributed by atoms with van der Waals surface area (Å²) >= 11 is 0. The van der Waals surface area contributed by atoms with Gasteiger partial charge in [-0.3, -0.25) is 0 Å². The largest absolute Gasteiger partial charge is 0.382 e. The van der Waals surface area contributed by atoms with Crippen LogP contribution in [0.5, 0.6) is 0 Å². The maximum absolute atomic E-state index is 5.60. The average Bonchev–Trinajstić information content (AvgIpc) is 2.82. The van der Waals surface area contributed by atoms with Gasteiger partial charge in [-0.2, -0.15) is 0 Å². The fourth-order valence-electron chi connectivity index (χ4n) is 2.20. The van der Waals surface area contributed by atoms with Gasteiger partial charge < -0.3 is 24.3 Å². The molecule has 5 nitrogen and oxygen atoms in total. The zero-order valence-corrected chi connectivity index (χ0v) is 11.7. The Kier molecular flexibility index (Phi) is 8.54. The molecule has 1 heterocycles. The van der Waals surface area contributed by atoms with E-state index in [9.17, 15) is 0 Å². The fraction of sp³-hybridized carbons (Fsp3) is 1.00. The first-order valence-corrected chi connectivity index (χ1v) is 6.70. The molecule has 0 spiro atoms. The lowest BCUT2D eigenvalue weighted by molar-refractivity contribution is 0.0153. The van der Waals surface area contributed by atoms with E-state index in [0.717, 1.165) is 39.2 Å². The number of hydrogen-bond acceptors (Lipinski definition) is 5. The molecule has 1 N–H and O–H groups in total. The monoisotopic (exact) mass is 261 g/mol. The third-order valence-electron chi connectivity index (χ3n) is 3.32. The highest BCUT2D eigenvalue weighted by molar-refractivity contribution is 4.84. The van der Waals surface area contributed by atoms with Crippen LogP contribution < -0.4 is 5.32 Å². The lowest BCUT2D eigenvalue weighted by atomic mass is 9.84. The van der Waals surface area contributed by atoms with E-state index in [1.54, 1.807) is 7.11 Å². The van der Waals surface area contributed by atoms with Crippen LogP contribution in [0.4, 0.5) is 0 Å². The average molecular weight is 261 g/mol. The second-order valence-electron chi connectivity index (χ2n) is 4.80. The summed E-state index contributed by atoms with van der Waals surface area (Å²) in [5, 5.41) is 3.25. The number of nitrogens with one attached hydrogen (secondary N) is 1. The van der Waals surface area contributed by atoms with Gasteiger partial charge in [-0.1, -0.05) is 0 Å². The van der Waals surface area contributed by atoms with E-state index in [4.69, 9.17) is 18.9 Å². The van der Waals surface area contributed by atoms with Gasteiger partial charge >= 0.3 is 0 Å². The molecule has 1 fully saturated rings. The second kappa shape index (κ2) is 9.69. The Hall–Kier alpha value is -0.200. The molecule has 1 rings (SSSR count). The van der Waals surface area contributed by atoms with E-state index in [2.05, 4.69) is 5.32 Å². The van der Waals surface area contributed by atoms with Crippen LogP contribution in [0.1, 0.15) is 12.8 Å². The first-order valence-electron chi connectivity index (χ1n) is 6.70. The SMILES string of the molecule is CNCC1(CCOCCOCCOC)CCOC1. The lowest BCUT2D eigenvalue weighted by Crippen LogP contribution is -2.34. The zero-order chi connectivity index (χ0) is 13.1. The van der Waals surface area contributed by atoms with E-state index >= 15 is 0 Å². The van der Waals surface area contributed by atoms with E-state index in [0.29, 0.717) is 26.4 Å². The van der Waals surface area contributed by atoms with E-state index < -0.39 is 0 Å². The van der Waals surface area contributed by atoms with Gasteiger partial charge in [0, 0.05) is 32.3 Å². The van der Waals surface area contributed by atoms with Crippen molar-refractivity contribution in [1.29, 1.82) is 0 Å². The molecule has 0 bridgehead atoms. The Balaban J connectivity index is 1.98. The molecule has 1 aliphatic heterocycles. The van der Waals surface area contributed by atoms with Crippen molar-refractivity contribution in [2.45, 2.75) is 12.8 Å². The molecule has 0 amide bonds. The molecule has 0 aromatic heterocycles. The van der Waals surface area contributed by atoms with Gasteiger partial charge in [0.2, 0.25) is 0 Å². The van der Waals surface area contributed by atoms with Gasteiger partial charge in [0.25, 0.3) is 0 Å². The minimum absolute atomic E-state index is 0.270. The van der Waals surface area contributed by atoms with Gasteiger partial charge in [0.05, 0.1) is 33.0 Å². The molecule has 0 radical (unpaired) electrons. The summed E-state index contributed by atoms with van der Waals surface area (Å²) in [6.07, 6.45) is 2.17. The van der Waals surface area contributed by atoms with Crippen LogP contribution in [0.3, 0.4) is 0 Å². The number of hydrogen-bond donors (Lipinski definition) is 1. The summed E-state index contributed by atoms with van der Waals surface area (Å²) in [4.78, 5) is 0. The minimum atomic E-state index is 0.270. The van der Waals surface area contributed by atoms with Crippen LogP contribution in [0.2, 0.25) is 0 Å². The molecule has 108 valence electrons. The maximum atomic E-state index is 5.60. The number of ether oxygens (including phenoxy) is 4. The van der Waals surface area contributed by atoms with Crippen LogP contribution in [0.15, 0.2) is 0 Å². The molecule has 1 atom stereocenters. The summed E-state index contributed by atoms with van der Waals surface area (Å²) < 4.78 is 21.3. The molecule has 18 heavy (non-hydrogen) atoms. The minimum Gasteiger partial charge on any atom is -0.382 e. The van der Waals surface area contributed by atoms with Crippen molar-refractivity contribution >= 4 is 0 Å². The van der Waals surface area contributed by atoms with Crippen molar-refractivity contribution in [1.82, 2.24) is 5.32 Å². The lowest BCUT2D eigenvalue weighted by Gasteiger charge is -2.26. The normalized spacial score (nSPS) is 23.7. The first kappa shape index (κ1) is 15.9. The Morgan fingerprint density at radius 2 is 1.83 bits per heavy atom. The Bertz CT molecular complexity index is 195. The highest BCUT2D eigenvalue weighted by Crippen LogP contribution is 2.31. The van der Waals surface area contributed by atoms with Crippen molar-refractivity contribution in [2.24, 2.45) is 5.41 Å². The molecular weight excluding hydrogens is 234 g/mol. The summed E-state index contributed by atoms with van der Waals surface area (Å²) in [5.41, 5.74) is 0.270. The van der Waals surface area contributed by atoms with Crippen molar-refractivity contribution in [3.8, 4) is 0 Å². The van der Waals surface area contributed by atoms with Crippen molar-refractivity contribution in [2.75, 3.05) is 67.0 Å². The quantitative estimate of drug-likeness (QED) is 0.554. The molecule has 0 aromatic carbocycles. The highest BCUT2D eigenvalue weighted by atomic mass is 16.5. The van der Waals surface area contributed by atoms with Crippen LogP contribution >= 0.6 is 0 Å². The summed E-state index contributed by atoms with van der Waals surface area (Å²) in [5.74, 6) is 0. The standard InChI is InChI=1S/C13H27NO4/c1-14-11-13(4-6-18-12-13)3-5-16-9-10-17-8-7-15-2/h14H,3-12H2,1-2H3. The Labute approximate surface area is 110 Å². The number of rotatable bonds is 11. The Morgan fingerprint density at radius 1 is 1.11 bits per heavy atom. The molecule has 0 saturated carbocycles. The van der Waals surface area contributed by atoms with E-state index in [1.165, 1.54) is 0 Å². The van der Waals surface area contributed by atoms with Gasteiger partial charge in [-0.05, 0) is 19.9 Å². The fourth-order valence-corrected chi connectivity index (χ4v) is 2.20. The van der Waals surface area contributed by atoms with E-state index in [-0.39, 0.29) is 5.41 Å².